The molecule has 0 aliphatic carbocycles. The van der Waals surface area contributed by atoms with E-state index in [1.807, 2.05) is 0 Å². The predicted molar refractivity (Wildman–Crippen MR) is 76.0 cm³/mol. The quantitative estimate of drug-likeness (QED) is 0.769. The lowest BCUT2D eigenvalue weighted by Gasteiger charge is -2.10. The van der Waals surface area contributed by atoms with Crippen molar-refractivity contribution in [2.45, 2.75) is 6.36 Å². The molecule has 3 rings (SSSR count). The number of hydrogen-bond acceptors (Lipinski definition) is 5. The second-order valence-electron chi connectivity index (χ2n) is 4.42. The van der Waals surface area contributed by atoms with E-state index in [4.69, 9.17) is 0 Å². The third-order valence-corrected chi connectivity index (χ3v) is 2.77. The fourth-order valence-corrected chi connectivity index (χ4v) is 1.85. The molecule has 0 atom stereocenters. The number of aromatic nitrogens is 4. The number of halogens is 3. The van der Waals surface area contributed by atoms with Gasteiger partial charge in [0, 0.05) is 24.1 Å². The zero-order valence-corrected chi connectivity index (χ0v) is 11.5. The summed E-state index contributed by atoms with van der Waals surface area (Å²) in [7, 11) is 0. The first kappa shape index (κ1) is 14.8. The van der Waals surface area contributed by atoms with E-state index in [1.165, 1.54) is 30.6 Å². The van der Waals surface area contributed by atoms with Gasteiger partial charge in [-0.1, -0.05) is 0 Å². The van der Waals surface area contributed by atoms with Gasteiger partial charge in [-0.2, -0.15) is 0 Å². The molecule has 2 aromatic heterocycles. The lowest BCUT2D eigenvalue weighted by molar-refractivity contribution is -0.274. The van der Waals surface area contributed by atoms with Crippen LogP contribution in [-0.2, 0) is 0 Å². The highest BCUT2D eigenvalue weighted by atomic mass is 19.4. The van der Waals surface area contributed by atoms with E-state index in [0.29, 0.717) is 23.0 Å². The summed E-state index contributed by atoms with van der Waals surface area (Å²) < 4.78 is 40.1. The Kier molecular flexibility index (Phi) is 3.83. The van der Waals surface area contributed by atoms with Gasteiger partial charge in [0.25, 0.3) is 0 Å². The Labute approximate surface area is 128 Å². The van der Waals surface area contributed by atoms with Crippen molar-refractivity contribution in [3.8, 4) is 17.3 Å². The van der Waals surface area contributed by atoms with Gasteiger partial charge in [-0.25, -0.2) is 15.0 Å². The maximum atomic E-state index is 12.1. The van der Waals surface area contributed by atoms with Crippen LogP contribution in [0.4, 0.5) is 24.7 Å². The highest BCUT2D eigenvalue weighted by Crippen LogP contribution is 2.25. The standard InChI is InChI=1S/C14H10F3N5O/c15-14(16,17)23-10-3-1-9(2-4-10)22-12-7-11(20-8-21-12)13-18-5-6-19-13/h1-8H,(H,18,19)(H,20,21,22). The molecule has 2 N–H and O–H groups in total. The number of nitrogens with one attached hydrogen (secondary N) is 2. The second-order valence-corrected chi connectivity index (χ2v) is 4.42. The van der Waals surface area contributed by atoms with Crippen LogP contribution in [0.15, 0.2) is 49.1 Å². The first-order valence-electron chi connectivity index (χ1n) is 6.44. The van der Waals surface area contributed by atoms with Gasteiger partial charge in [0.1, 0.15) is 23.6 Å². The molecule has 0 unspecified atom stereocenters. The minimum Gasteiger partial charge on any atom is -0.406 e. The SMILES string of the molecule is FC(F)(F)Oc1ccc(Nc2cc(-c3ncc[nH]3)ncn2)cc1. The normalized spacial score (nSPS) is 11.3. The molecule has 9 heteroatoms. The molecule has 3 aromatic rings. The zero-order valence-electron chi connectivity index (χ0n) is 11.5. The van der Waals surface area contributed by atoms with Crippen LogP contribution in [0.5, 0.6) is 5.75 Å². The predicted octanol–water partition coefficient (Wildman–Crippen LogP) is 3.51. The monoisotopic (exact) mass is 321 g/mol. The summed E-state index contributed by atoms with van der Waals surface area (Å²) >= 11 is 0. The average molecular weight is 321 g/mol. The summed E-state index contributed by atoms with van der Waals surface area (Å²) in [6.07, 6.45) is -0.0747. The van der Waals surface area contributed by atoms with Gasteiger partial charge in [-0.05, 0) is 24.3 Å². The topological polar surface area (TPSA) is 75.7 Å². The van der Waals surface area contributed by atoms with Crippen LogP contribution in [0, 0.1) is 0 Å². The number of alkyl halides is 3. The summed E-state index contributed by atoms with van der Waals surface area (Å²) in [6, 6.07) is 7.00. The number of H-pyrrole nitrogens is 1. The van der Waals surface area contributed by atoms with Gasteiger partial charge in [0.2, 0.25) is 0 Å². The van der Waals surface area contributed by atoms with Gasteiger partial charge in [0.05, 0.1) is 0 Å². The first-order chi connectivity index (χ1) is 11.0. The lowest BCUT2D eigenvalue weighted by atomic mass is 10.3. The van der Waals surface area contributed by atoms with Crippen LogP contribution in [0.3, 0.4) is 0 Å². The van der Waals surface area contributed by atoms with Gasteiger partial charge in [0.15, 0.2) is 5.82 Å². The van der Waals surface area contributed by atoms with Gasteiger partial charge < -0.3 is 15.0 Å². The molecular formula is C14H10F3N5O. The van der Waals surface area contributed by atoms with Crippen molar-refractivity contribution in [1.29, 1.82) is 0 Å². The van der Waals surface area contributed by atoms with Crippen LogP contribution in [-0.4, -0.2) is 26.3 Å². The number of imidazole rings is 1. The zero-order chi connectivity index (χ0) is 16.3. The summed E-state index contributed by atoms with van der Waals surface area (Å²) in [5, 5.41) is 2.97. The molecule has 0 spiro atoms. The smallest absolute Gasteiger partial charge is 0.406 e. The van der Waals surface area contributed by atoms with Crippen LogP contribution >= 0.6 is 0 Å². The number of benzene rings is 1. The van der Waals surface area contributed by atoms with E-state index >= 15 is 0 Å². The van der Waals surface area contributed by atoms with Crippen molar-refractivity contribution in [3.63, 3.8) is 0 Å². The lowest BCUT2D eigenvalue weighted by Crippen LogP contribution is -2.16. The molecule has 0 fully saturated rings. The van der Waals surface area contributed by atoms with E-state index in [1.54, 1.807) is 18.5 Å². The minimum absolute atomic E-state index is 0.290. The molecule has 0 aliphatic rings. The molecule has 118 valence electrons. The number of rotatable bonds is 4. The van der Waals surface area contributed by atoms with Crippen LogP contribution in [0.1, 0.15) is 0 Å². The Morgan fingerprint density at radius 3 is 2.48 bits per heavy atom. The Morgan fingerprint density at radius 1 is 1.04 bits per heavy atom. The first-order valence-corrected chi connectivity index (χ1v) is 6.44. The molecule has 0 saturated heterocycles. The van der Waals surface area contributed by atoms with E-state index < -0.39 is 6.36 Å². The molecule has 6 nitrogen and oxygen atoms in total. The van der Waals surface area contributed by atoms with Crippen molar-refractivity contribution < 1.29 is 17.9 Å². The van der Waals surface area contributed by atoms with Crippen molar-refractivity contribution in [2.75, 3.05) is 5.32 Å². The van der Waals surface area contributed by atoms with Gasteiger partial charge in [-0.15, -0.1) is 13.2 Å². The van der Waals surface area contributed by atoms with Crippen molar-refractivity contribution in [2.24, 2.45) is 0 Å². The summed E-state index contributed by atoms with van der Waals surface area (Å²) in [5.74, 6) is 0.780. The minimum atomic E-state index is -4.71. The molecule has 0 amide bonds. The van der Waals surface area contributed by atoms with Crippen molar-refractivity contribution >= 4 is 11.5 Å². The fraction of sp³-hybridized carbons (Fsp3) is 0.0714. The largest absolute Gasteiger partial charge is 0.573 e. The average Bonchev–Trinajstić information content (AvgIpc) is 3.02. The number of ether oxygens (including phenoxy) is 1. The Balaban J connectivity index is 1.73. The summed E-state index contributed by atoms with van der Waals surface area (Å²) in [6.45, 7) is 0. The molecule has 23 heavy (non-hydrogen) atoms. The molecule has 0 bridgehead atoms. The summed E-state index contributed by atoms with van der Waals surface area (Å²) in [5.41, 5.74) is 1.15. The third kappa shape index (κ3) is 3.96. The third-order valence-electron chi connectivity index (χ3n) is 2.77. The highest BCUT2D eigenvalue weighted by molar-refractivity contribution is 5.61. The fourth-order valence-electron chi connectivity index (χ4n) is 1.85. The van der Waals surface area contributed by atoms with Gasteiger partial charge >= 0.3 is 6.36 Å². The molecule has 2 heterocycles. The molecule has 0 radical (unpaired) electrons. The number of anilines is 2. The van der Waals surface area contributed by atoms with E-state index in [9.17, 15) is 13.2 Å². The molecule has 1 aromatic carbocycles. The Bertz CT molecular complexity index is 772. The van der Waals surface area contributed by atoms with Crippen molar-refractivity contribution in [1.82, 2.24) is 19.9 Å². The molecule has 0 aliphatic heterocycles. The molecule has 0 saturated carbocycles. The van der Waals surface area contributed by atoms with Crippen LogP contribution in [0.2, 0.25) is 0 Å². The van der Waals surface area contributed by atoms with Gasteiger partial charge in [-0.3, -0.25) is 0 Å². The van der Waals surface area contributed by atoms with Crippen molar-refractivity contribution in [3.05, 3.63) is 49.1 Å². The Hall–Kier alpha value is -3.10. The van der Waals surface area contributed by atoms with E-state index in [0.717, 1.165) is 0 Å². The highest BCUT2D eigenvalue weighted by Gasteiger charge is 2.30. The molecular weight excluding hydrogens is 311 g/mol. The number of hydrogen-bond donors (Lipinski definition) is 2. The van der Waals surface area contributed by atoms with E-state index in [2.05, 4.69) is 30.0 Å². The Morgan fingerprint density at radius 2 is 1.83 bits per heavy atom. The number of aromatic amines is 1. The number of nitrogens with zero attached hydrogens (tertiary/aromatic N) is 3. The second kappa shape index (κ2) is 5.95. The summed E-state index contributed by atoms with van der Waals surface area (Å²) in [4.78, 5) is 15.1. The van der Waals surface area contributed by atoms with E-state index in [-0.39, 0.29) is 5.75 Å². The maximum absolute atomic E-state index is 12.1. The van der Waals surface area contributed by atoms with Crippen LogP contribution < -0.4 is 10.1 Å². The van der Waals surface area contributed by atoms with Crippen LogP contribution in [0.25, 0.3) is 11.5 Å². The maximum Gasteiger partial charge on any atom is 0.573 e.